The van der Waals surface area contributed by atoms with E-state index in [1.54, 1.807) is 49.4 Å². The maximum Gasteiger partial charge on any atom is 0.271 e. The summed E-state index contributed by atoms with van der Waals surface area (Å²) in [7, 11) is 0. The summed E-state index contributed by atoms with van der Waals surface area (Å²) in [5.41, 5.74) is 2.66. The highest BCUT2D eigenvalue weighted by Gasteiger charge is 2.34. The van der Waals surface area contributed by atoms with Crippen molar-refractivity contribution in [2.24, 2.45) is 4.99 Å². The minimum Gasteiger partial charge on any atom is -0.507 e. The molecule has 8 heteroatoms. The van der Waals surface area contributed by atoms with Crippen LogP contribution in [0.2, 0.25) is 0 Å². The number of rotatable bonds is 4. The Morgan fingerprint density at radius 3 is 2.54 bits per heavy atom. The first-order chi connectivity index (χ1) is 16.8. The minimum absolute atomic E-state index is 0.0750. The van der Waals surface area contributed by atoms with Crippen LogP contribution in [0.4, 0.5) is 5.69 Å². The van der Waals surface area contributed by atoms with Crippen molar-refractivity contribution in [1.29, 1.82) is 0 Å². The predicted molar refractivity (Wildman–Crippen MR) is 135 cm³/mol. The highest BCUT2D eigenvalue weighted by Crippen LogP contribution is 2.32. The number of anilines is 1. The number of amides is 1. The summed E-state index contributed by atoms with van der Waals surface area (Å²) >= 11 is 1.20. The van der Waals surface area contributed by atoms with Crippen LogP contribution in [-0.2, 0) is 4.79 Å². The van der Waals surface area contributed by atoms with Crippen LogP contribution in [-0.4, -0.2) is 15.6 Å². The first kappa shape index (κ1) is 22.6. The number of phenolic OH excluding ortho intramolecular Hbond substituents is 1. The van der Waals surface area contributed by atoms with Crippen LogP contribution in [0.25, 0.3) is 6.08 Å². The minimum atomic E-state index is -0.782. The largest absolute Gasteiger partial charge is 0.507 e. The zero-order valence-corrected chi connectivity index (χ0v) is 20.2. The summed E-state index contributed by atoms with van der Waals surface area (Å²) in [4.78, 5) is 32.2. The molecule has 1 unspecified atom stereocenters. The van der Waals surface area contributed by atoms with E-state index in [4.69, 9.17) is 4.42 Å². The van der Waals surface area contributed by atoms with Gasteiger partial charge in [0, 0.05) is 11.3 Å². The Bertz CT molecular complexity index is 1670. The summed E-state index contributed by atoms with van der Waals surface area (Å²) in [6.07, 6.45) is 1.63. The van der Waals surface area contributed by atoms with Crippen molar-refractivity contribution in [3.63, 3.8) is 0 Å². The van der Waals surface area contributed by atoms with Gasteiger partial charge in [0.25, 0.3) is 11.5 Å². The Hall–Kier alpha value is -4.17. The van der Waals surface area contributed by atoms with E-state index >= 15 is 0 Å². The Balaban J connectivity index is 1.68. The van der Waals surface area contributed by atoms with Crippen LogP contribution >= 0.6 is 11.3 Å². The molecule has 5 rings (SSSR count). The van der Waals surface area contributed by atoms with Gasteiger partial charge in [-0.3, -0.25) is 14.2 Å². The van der Waals surface area contributed by atoms with Gasteiger partial charge in [-0.25, -0.2) is 4.99 Å². The maximum atomic E-state index is 13.6. The number of thiazole rings is 1. The topological polar surface area (TPSA) is 96.8 Å². The van der Waals surface area contributed by atoms with E-state index in [1.165, 1.54) is 15.9 Å². The number of phenols is 1. The number of aromatic nitrogens is 1. The summed E-state index contributed by atoms with van der Waals surface area (Å²) in [6, 6.07) is 17.1. The molecular formula is C27H23N3O4S. The number of allylic oxidation sites excluding steroid dienone is 1. The Kier molecular flexibility index (Phi) is 5.74. The van der Waals surface area contributed by atoms with Gasteiger partial charge in [0.1, 0.15) is 23.3 Å². The average molecular weight is 486 g/mol. The average Bonchev–Trinajstić information content (AvgIpc) is 3.39. The van der Waals surface area contributed by atoms with Gasteiger partial charge in [-0.1, -0.05) is 47.7 Å². The molecule has 0 aliphatic carbocycles. The number of furan rings is 1. The summed E-state index contributed by atoms with van der Waals surface area (Å²) in [5, 5.41) is 13.2. The molecule has 1 aliphatic rings. The Morgan fingerprint density at radius 1 is 1.09 bits per heavy atom. The van der Waals surface area contributed by atoms with E-state index in [0.29, 0.717) is 43.4 Å². The number of para-hydroxylation sites is 2. The number of carbonyl (C=O) groups is 1. The molecule has 2 aromatic carbocycles. The number of hydrogen-bond acceptors (Lipinski definition) is 6. The fraction of sp³-hybridized carbons (Fsp3) is 0.148. The van der Waals surface area contributed by atoms with E-state index < -0.39 is 6.04 Å². The summed E-state index contributed by atoms with van der Waals surface area (Å²) in [6.45, 7) is 5.49. The van der Waals surface area contributed by atoms with E-state index in [1.807, 2.05) is 38.1 Å². The van der Waals surface area contributed by atoms with Gasteiger partial charge in [0.2, 0.25) is 0 Å². The predicted octanol–water partition coefficient (Wildman–Crippen LogP) is 3.79. The van der Waals surface area contributed by atoms with Crippen molar-refractivity contribution in [1.82, 2.24) is 4.57 Å². The molecule has 1 amide bonds. The second-order valence-electron chi connectivity index (χ2n) is 8.36. The molecule has 7 nitrogen and oxygen atoms in total. The number of nitrogens with one attached hydrogen (secondary N) is 1. The van der Waals surface area contributed by atoms with Crippen LogP contribution < -0.4 is 20.2 Å². The van der Waals surface area contributed by atoms with Crippen LogP contribution in [0.3, 0.4) is 0 Å². The Morgan fingerprint density at radius 2 is 1.83 bits per heavy atom. The lowest BCUT2D eigenvalue weighted by Gasteiger charge is -2.23. The van der Waals surface area contributed by atoms with Crippen LogP contribution in [0.15, 0.2) is 86.1 Å². The van der Waals surface area contributed by atoms with Crippen LogP contribution in [0, 0.1) is 13.8 Å². The van der Waals surface area contributed by atoms with Crippen molar-refractivity contribution in [2.45, 2.75) is 26.8 Å². The quantitative estimate of drug-likeness (QED) is 0.460. The molecule has 0 radical (unpaired) electrons. The van der Waals surface area contributed by atoms with Gasteiger partial charge in [-0.15, -0.1) is 0 Å². The van der Waals surface area contributed by atoms with E-state index in [0.717, 1.165) is 5.56 Å². The van der Waals surface area contributed by atoms with Crippen molar-refractivity contribution in [3.05, 3.63) is 114 Å². The number of nitrogens with zero attached hydrogens (tertiary/aromatic N) is 2. The van der Waals surface area contributed by atoms with Gasteiger partial charge in [-0.2, -0.15) is 0 Å². The fourth-order valence-corrected chi connectivity index (χ4v) is 5.17. The number of benzene rings is 2. The third-order valence-corrected chi connectivity index (χ3v) is 6.90. The molecule has 0 bridgehead atoms. The van der Waals surface area contributed by atoms with Crippen molar-refractivity contribution in [3.8, 4) is 5.75 Å². The lowest BCUT2D eigenvalue weighted by Crippen LogP contribution is -2.40. The number of hydrogen-bond donors (Lipinski definition) is 2. The van der Waals surface area contributed by atoms with E-state index in [2.05, 4.69) is 10.3 Å². The van der Waals surface area contributed by atoms with Crippen molar-refractivity contribution < 1.29 is 14.3 Å². The molecule has 0 spiro atoms. The summed E-state index contributed by atoms with van der Waals surface area (Å²) < 4.78 is 7.81. The molecule has 3 heterocycles. The third kappa shape index (κ3) is 4.13. The van der Waals surface area contributed by atoms with Gasteiger partial charge < -0.3 is 14.8 Å². The van der Waals surface area contributed by atoms with Crippen molar-refractivity contribution >= 4 is 29.0 Å². The van der Waals surface area contributed by atoms with Crippen LogP contribution in [0.1, 0.15) is 35.6 Å². The highest BCUT2D eigenvalue weighted by molar-refractivity contribution is 7.07. The normalized spacial score (nSPS) is 15.6. The number of aryl methyl sites for hydroxylation is 2. The third-order valence-electron chi connectivity index (χ3n) is 5.91. The summed E-state index contributed by atoms with van der Waals surface area (Å²) in [5.74, 6) is 0.868. The SMILES string of the molecule is CC1=C(C(=O)Nc2ccccc2C)C(c2ccc(C)o2)n2c(sc(=Cc3ccccc3O)c2=O)=N1. The van der Waals surface area contributed by atoms with Gasteiger partial charge in [0.05, 0.1) is 15.8 Å². The maximum absolute atomic E-state index is 13.6. The molecule has 2 N–H and O–H groups in total. The van der Waals surface area contributed by atoms with E-state index in [-0.39, 0.29) is 17.2 Å². The molecule has 0 fully saturated rings. The number of fused-ring (bicyclic) bond motifs is 1. The molecule has 1 atom stereocenters. The second kappa shape index (κ2) is 8.88. The lowest BCUT2D eigenvalue weighted by molar-refractivity contribution is -0.113. The lowest BCUT2D eigenvalue weighted by atomic mass is 10.00. The first-order valence-electron chi connectivity index (χ1n) is 11.1. The van der Waals surface area contributed by atoms with Gasteiger partial charge >= 0.3 is 0 Å². The monoisotopic (exact) mass is 485 g/mol. The fourth-order valence-electron chi connectivity index (χ4n) is 4.13. The molecule has 0 saturated heterocycles. The second-order valence-corrected chi connectivity index (χ2v) is 9.37. The van der Waals surface area contributed by atoms with Gasteiger partial charge in [-0.05, 0) is 56.7 Å². The number of aromatic hydroxyl groups is 1. The molecule has 1 aliphatic heterocycles. The molecule has 35 heavy (non-hydrogen) atoms. The zero-order chi connectivity index (χ0) is 24.7. The van der Waals surface area contributed by atoms with E-state index in [9.17, 15) is 14.7 Å². The highest BCUT2D eigenvalue weighted by atomic mass is 32.1. The first-order valence-corrected chi connectivity index (χ1v) is 11.9. The molecular weight excluding hydrogens is 462 g/mol. The molecule has 0 saturated carbocycles. The number of carbonyl (C=O) groups excluding carboxylic acids is 1. The molecule has 176 valence electrons. The standard InChI is InChI=1S/C27H23N3O4S/c1-15-8-4-6-10-19(15)29-25(32)23-17(3)28-27-30(24(23)21-13-12-16(2)34-21)26(33)22(35-27)14-18-9-5-7-11-20(18)31/h4-14,24,31H,1-3H3,(H,29,32). The molecule has 4 aromatic rings. The molecule has 2 aromatic heterocycles. The zero-order valence-electron chi connectivity index (χ0n) is 19.4. The van der Waals surface area contributed by atoms with Gasteiger partial charge in [0.15, 0.2) is 4.80 Å². The van der Waals surface area contributed by atoms with Crippen molar-refractivity contribution in [2.75, 3.05) is 5.32 Å². The van der Waals surface area contributed by atoms with Crippen LogP contribution in [0.5, 0.6) is 5.75 Å². The Labute approximate surface area is 205 Å². The smallest absolute Gasteiger partial charge is 0.271 e.